The van der Waals surface area contributed by atoms with Crippen LogP contribution in [0.25, 0.3) is 0 Å². The first-order valence-corrected chi connectivity index (χ1v) is 8.38. The lowest BCUT2D eigenvalue weighted by molar-refractivity contribution is -0.117. The maximum atomic E-state index is 11.9. The zero-order valence-electron chi connectivity index (χ0n) is 12.0. The van der Waals surface area contributed by atoms with Gasteiger partial charge < -0.3 is 14.8 Å². The first-order chi connectivity index (χ1) is 9.75. The summed E-state index contributed by atoms with van der Waals surface area (Å²) in [5.41, 5.74) is -0.381. The van der Waals surface area contributed by atoms with Crippen molar-refractivity contribution < 1.29 is 26.9 Å². The van der Waals surface area contributed by atoms with Crippen LogP contribution in [0.5, 0.6) is 0 Å². The van der Waals surface area contributed by atoms with Crippen LogP contribution in [0.4, 0.5) is 0 Å². The van der Waals surface area contributed by atoms with Crippen LogP contribution in [0.1, 0.15) is 20.3 Å². The van der Waals surface area contributed by atoms with Crippen LogP contribution in [-0.2, 0) is 28.6 Å². The Hall–Kier alpha value is -0.960. The van der Waals surface area contributed by atoms with Gasteiger partial charge >= 0.3 is 0 Å². The SMILES string of the molecule is C=C(C)C(=O)NCCOC1C2CC3C(C)(O2)C1OS3(=O)=O. The molecule has 8 heteroatoms. The van der Waals surface area contributed by atoms with Crippen molar-refractivity contribution in [3.63, 3.8) is 0 Å². The fraction of sp³-hybridized carbons (Fsp3) is 0.769. The zero-order valence-corrected chi connectivity index (χ0v) is 12.8. The molecule has 0 aliphatic carbocycles. The molecule has 1 amide bonds. The normalized spacial score (nSPS) is 42.2. The van der Waals surface area contributed by atoms with Crippen LogP contribution >= 0.6 is 0 Å². The maximum Gasteiger partial charge on any atom is 0.273 e. The monoisotopic (exact) mass is 317 g/mol. The Kier molecular flexibility index (Phi) is 3.40. The second-order valence-electron chi connectivity index (χ2n) is 5.95. The number of ether oxygens (including phenoxy) is 2. The van der Waals surface area contributed by atoms with E-state index in [-0.39, 0.29) is 18.6 Å². The van der Waals surface area contributed by atoms with Gasteiger partial charge in [0.25, 0.3) is 10.1 Å². The summed E-state index contributed by atoms with van der Waals surface area (Å²) in [7, 11) is -3.56. The van der Waals surface area contributed by atoms with Gasteiger partial charge in [-0.1, -0.05) is 6.58 Å². The minimum Gasteiger partial charge on any atom is -0.371 e. The Bertz CT molecular complexity index is 587. The molecular formula is C13H19NO6S. The van der Waals surface area contributed by atoms with E-state index in [1.165, 1.54) is 0 Å². The minimum atomic E-state index is -3.56. The summed E-state index contributed by atoms with van der Waals surface area (Å²) in [6.07, 6.45) is -0.870. The number of carbonyl (C=O) groups excluding carboxylic acids is 1. The highest BCUT2D eigenvalue weighted by Gasteiger charge is 2.73. The summed E-state index contributed by atoms with van der Waals surface area (Å²) in [4.78, 5) is 11.3. The number of nitrogens with one attached hydrogen (secondary N) is 1. The second-order valence-corrected chi connectivity index (χ2v) is 7.69. The Morgan fingerprint density at radius 1 is 1.52 bits per heavy atom. The molecule has 5 unspecified atom stereocenters. The van der Waals surface area contributed by atoms with Crippen molar-refractivity contribution in [2.75, 3.05) is 13.2 Å². The highest BCUT2D eigenvalue weighted by atomic mass is 32.2. The molecule has 3 aliphatic heterocycles. The van der Waals surface area contributed by atoms with Crippen LogP contribution in [0, 0.1) is 0 Å². The molecule has 0 aromatic carbocycles. The van der Waals surface area contributed by atoms with E-state index in [4.69, 9.17) is 13.7 Å². The molecule has 0 saturated carbocycles. The molecule has 7 nitrogen and oxygen atoms in total. The predicted molar refractivity (Wildman–Crippen MR) is 73.0 cm³/mol. The van der Waals surface area contributed by atoms with Gasteiger partial charge in [0.15, 0.2) is 0 Å². The quantitative estimate of drug-likeness (QED) is 0.426. The van der Waals surface area contributed by atoms with E-state index in [0.29, 0.717) is 18.5 Å². The largest absolute Gasteiger partial charge is 0.371 e. The number of carbonyl (C=O) groups is 1. The molecule has 3 rings (SSSR count). The number of hydrogen-bond acceptors (Lipinski definition) is 6. The van der Waals surface area contributed by atoms with Crippen molar-refractivity contribution in [3.8, 4) is 0 Å². The summed E-state index contributed by atoms with van der Waals surface area (Å²) in [6.45, 7) is 7.52. The molecular weight excluding hydrogens is 298 g/mol. The van der Waals surface area contributed by atoms with Gasteiger partial charge in [0.2, 0.25) is 5.91 Å². The standard InChI is InChI=1S/C13H19NO6S/c1-7(2)12(15)14-4-5-18-10-8-6-9-13(3,19-8)11(10)20-21(9,16)17/h8-11H,1,4-6H2,2-3H3,(H,14,15). The minimum absolute atomic E-state index is 0.227. The molecule has 2 bridgehead atoms. The van der Waals surface area contributed by atoms with Gasteiger partial charge in [-0.3, -0.25) is 8.98 Å². The van der Waals surface area contributed by atoms with Crippen LogP contribution < -0.4 is 5.32 Å². The summed E-state index contributed by atoms with van der Waals surface area (Å²) >= 11 is 0. The van der Waals surface area contributed by atoms with E-state index in [9.17, 15) is 13.2 Å². The van der Waals surface area contributed by atoms with E-state index < -0.39 is 33.2 Å². The lowest BCUT2D eigenvalue weighted by Crippen LogP contribution is -2.48. The first-order valence-electron chi connectivity index (χ1n) is 6.91. The second kappa shape index (κ2) is 4.77. The summed E-state index contributed by atoms with van der Waals surface area (Å²) in [5.74, 6) is -0.227. The van der Waals surface area contributed by atoms with Gasteiger partial charge in [0, 0.05) is 12.1 Å². The van der Waals surface area contributed by atoms with Crippen molar-refractivity contribution in [1.82, 2.24) is 5.32 Å². The lowest BCUT2D eigenvalue weighted by Gasteiger charge is -2.26. The third kappa shape index (κ3) is 2.21. The van der Waals surface area contributed by atoms with E-state index in [2.05, 4.69) is 11.9 Å². The maximum absolute atomic E-state index is 11.9. The Morgan fingerprint density at radius 2 is 2.24 bits per heavy atom. The van der Waals surface area contributed by atoms with Crippen LogP contribution in [0.3, 0.4) is 0 Å². The molecule has 3 fully saturated rings. The molecule has 21 heavy (non-hydrogen) atoms. The molecule has 5 atom stereocenters. The number of fused-ring (bicyclic) bond motifs is 1. The van der Waals surface area contributed by atoms with Crippen LogP contribution in [-0.4, -0.2) is 56.6 Å². The fourth-order valence-corrected chi connectivity index (χ4v) is 5.25. The van der Waals surface area contributed by atoms with E-state index in [1.807, 2.05) is 0 Å². The average molecular weight is 317 g/mol. The Morgan fingerprint density at radius 3 is 2.90 bits per heavy atom. The highest BCUT2D eigenvalue weighted by Crippen LogP contribution is 2.54. The number of hydrogen-bond donors (Lipinski definition) is 1. The van der Waals surface area contributed by atoms with E-state index in [0.717, 1.165) is 0 Å². The Labute approximate surface area is 123 Å². The summed E-state index contributed by atoms with van der Waals surface area (Å²) in [6, 6.07) is 0. The van der Waals surface area contributed by atoms with E-state index >= 15 is 0 Å². The topological polar surface area (TPSA) is 90.9 Å². The number of amides is 1. The lowest BCUT2D eigenvalue weighted by atomic mass is 9.85. The fourth-order valence-electron chi connectivity index (χ4n) is 3.34. The molecule has 0 spiro atoms. The van der Waals surface area contributed by atoms with Gasteiger partial charge in [-0.2, -0.15) is 8.42 Å². The molecule has 3 saturated heterocycles. The zero-order chi connectivity index (χ0) is 15.4. The molecule has 3 heterocycles. The summed E-state index contributed by atoms with van der Waals surface area (Å²) < 4.78 is 40.5. The molecule has 0 radical (unpaired) electrons. The third-order valence-electron chi connectivity index (χ3n) is 4.39. The predicted octanol–water partition coefficient (Wildman–Crippen LogP) is -0.278. The highest BCUT2D eigenvalue weighted by molar-refractivity contribution is 7.87. The molecule has 3 aliphatic rings. The van der Waals surface area contributed by atoms with Gasteiger partial charge in [-0.25, -0.2) is 0 Å². The number of rotatable bonds is 5. The molecule has 0 aromatic heterocycles. The molecule has 0 aromatic rings. The van der Waals surface area contributed by atoms with Crippen molar-refractivity contribution in [2.24, 2.45) is 0 Å². The smallest absolute Gasteiger partial charge is 0.273 e. The van der Waals surface area contributed by atoms with Gasteiger partial charge in [-0.05, 0) is 20.3 Å². The van der Waals surface area contributed by atoms with Gasteiger partial charge in [0.1, 0.15) is 23.1 Å². The van der Waals surface area contributed by atoms with Gasteiger partial charge in [-0.15, -0.1) is 0 Å². The first kappa shape index (κ1) is 15.0. The Balaban J connectivity index is 1.57. The van der Waals surface area contributed by atoms with Crippen molar-refractivity contribution in [1.29, 1.82) is 0 Å². The van der Waals surface area contributed by atoms with E-state index in [1.54, 1.807) is 13.8 Å². The van der Waals surface area contributed by atoms with Crippen molar-refractivity contribution >= 4 is 16.0 Å². The van der Waals surface area contributed by atoms with Crippen LogP contribution in [0.2, 0.25) is 0 Å². The van der Waals surface area contributed by atoms with Crippen molar-refractivity contribution in [2.45, 2.75) is 49.4 Å². The van der Waals surface area contributed by atoms with Crippen LogP contribution in [0.15, 0.2) is 12.2 Å². The van der Waals surface area contributed by atoms with Gasteiger partial charge in [0.05, 0.1) is 12.7 Å². The molecule has 118 valence electrons. The third-order valence-corrected chi connectivity index (χ3v) is 6.23. The molecule has 1 N–H and O–H groups in total. The average Bonchev–Trinajstić information content (AvgIpc) is 2.89. The van der Waals surface area contributed by atoms with Crippen molar-refractivity contribution in [3.05, 3.63) is 12.2 Å². The summed E-state index contributed by atoms with van der Waals surface area (Å²) in [5, 5.41) is 2.06.